The predicted octanol–water partition coefficient (Wildman–Crippen LogP) is 0.792. The maximum Gasteiger partial charge on any atom is 0.332 e. The van der Waals surface area contributed by atoms with Gasteiger partial charge in [0, 0.05) is 13.0 Å². The summed E-state index contributed by atoms with van der Waals surface area (Å²) in [5, 5.41) is 8.99. The summed E-state index contributed by atoms with van der Waals surface area (Å²) in [5.41, 5.74) is 1.25. The lowest BCUT2D eigenvalue weighted by molar-refractivity contribution is -0.135. The molecule has 4 amide bonds. The molecule has 8 nitrogen and oxygen atoms in total. The number of amides is 4. The van der Waals surface area contributed by atoms with Crippen molar-refractivity contribution >= 4 is 23.5 Å². The van der Waals surface area contributed by atoms with Crippen LogP contribution in [0.3, 0.4) is 0 Å². The molecule has 3 atom stereocenters. The van der Waals surface area contributed by atoms with E-state index in [1.165, 1.54) is 6.20 Å². The summed E-state index contributed by atoms with van der Waals surface area (Å²) in [4.78, 5) is 46.4. The van der Waals surface area contributed by atoms with Gasteiger partial charge in [-0.15, -0.1) is 0 Å². The van der Waals surface area contributed by atoms with Crippen molar-refractivity contribution in [2.75, 3.05) is 11.4 Å². The molecule has 4 heterocycles. The monoisotopic (exact) mass is 339 g/mol. The number of aryl methyl sites for hydroxylation is 1. The molecule has 0 aliphatic carbocycles. The van der Waals surface area contributed by atoms with Gasteiger partial charge in [-0.1, -0.05) is 6.92 Å². The molecule has 0 aromatic carbocycles. The van der Waals surface area contributed by atoms with E-state index in [1.54, 1.807) is 29.7 Å². The minimum Gasteiger partial charge on any atom is -0.335 e. The third-order valence-corrected chi connectivity index (χ3v) is 5.32. The number of fused-ring (bicyclic) bond motifs is 5. The Morgan fingerprint density at radius 1 is 1.44 bits per heavy atom. The van der Waals surface area contributed by atoms with Gasteiger partial charge >= 0.3 is 6.03 Å². The average molecular weight is 339 g/mol. The Hall–Kier alpha value is -2.95. The van der Waals surface area contributed by atoms with Crippen LogP contribution in [0.1, 0.15) is 31.0 Å². The molecule has 0 N–H and O–H groups in total. The number of rotatable bonds is 2. The van der Waals surface area contributed by atoms with Crippen molar-refractivity contribution in [1.29, 1.82) is 5.26 Å². The Morgan fingerprint density at radius 2 is 2.20 bits per heavy atom. The topological polar surface area (TPSA) is 97.6 Å². The lowest BCUT2D eigenvalue weighted by Crippen LogP contribution is -2.54. The highest BCUT2D eigenvalue weighted by Crippen LogP contribution is 2.42. The summed E-state index contributed by atoms with van der Waals surface area (Å²) in [6.07, 6.45) is 2.42. The zero-order chi connectivity index (χ0) is 17.9. The van der Waals surface area contributed by atoms with E-state index >= 15 is 0 Å². The van der Waals surface area contributed by atoms with Crippen molar-refractivity contribution in [2.45, 2.75) is 44.8 Å². The first-order valence-corrected chi connectivity index (χ1v) is 8.30. The fraction of sp³-hybridized carbons (Fsp3) is 0.471. The maximum atomic E-state index is 12.9. The molecular formula is C17H17N5O3. The fourth-order valence-corrected chi connectivity index (χ4v) is 4.18. The van der Waals surface area contributed by atoms with Crippen LogP contribution >= 0.6 is 0 Å². The lowest BCUT2D eigenvalue weighted by Gasteiger charge is -2.34. The van der Waals surface area contributed by atoms with Crippen LogP contribution < -0.4 is 4.90 Å². The van der Waals surface area contributed by atoms with Crippen LogP contribution in [0.25, 0.3) is 0 Å². The first-order valence-electron chi connectivity index (χ1n) is 8.30. The number of imide groups is 1. The standard InChI is InChI=1S/C17H17N5O3/c1-3-14(23)20-8-11-5-13(20)15-16(24)22(17(25)21(11)15)10-4-9(2)12(6-18)19-7-10/h4,7,11,13,15H,3,5,8H2,1-2H3/t11-,13-,15-/m0/s1. The number of urea groups is 1. The number of nitrogens with zero attached hydrogens (tertiary/aromatic N) is 5. The molecular weight excluding hydrogens is 322 g/mol. The van der Waals surface area contributed by atoms with E-state index in [1.807, 2.05) is 6.07 Å². The van der Waals surface area contributed by atoms with Gasteiger partial charge < -0.3 is 9.80 Å². The highest BCUT2D eigenvalue weighted by Gasteiger charge is 2.62. The summed E-state index contributed by atoms with van der Waals surface area (Å²) < 4.78 is 0. The van der Waals surface area contributed by atoms with E-state index in [-0.39, 0.29) is 35.6 Å². The van der Waals surface area contributed by atoms with Crippen molar-refractivity contribution < 1.29 is 14.4 Å². The molecule has 3 saturated heterocycles. The van der Waals surface area contributed by atoms with Crippen LogP contribution in [-0.2, 0) is 9.59 Å². The van der Waals surface area contributed by atoms with Gasteiger partial charge in [-0.3, -0.25) is 9.59 Å². The Kier molecular flexibility index (Phi) is 3.29. The van der Waals surface area contributed by atoms with Crippen LogP contribution in [0.15, 0.2) is 12.3 Å². The van der Waals surface area contributed by atoms with Gasteiger partial charge in [-0.2, -0.15) is 5.26 Å². The number of hydrogen-bond donors (Lipinski definition) is 0. The summed E-state index contributed by atoms with van der Waals surface area (Å²) in [6, 6.07) is 2.26. The molecule has 8 heteroatoms. The van der Waals surface area contributed by atoms with Crippen molar-refractivity contribution in [3.8, 4) is 6.07 Å². The fourth-order valence-electron chi connectivity index (χ4n) is 4.18. The summed E-state index contributed by atoms with van der Waals surface area (Å²) in [5.74, 6) is -0.307. The van der Waals surface area contributed by atoms with Crippen LogP contribution in [0.4, 0.5) is 10.5 Å². The molecule has 3 aliphatic rings. The van der Waals surface area contributed by atoms with Gasteiger partial charge in [-0.05, 0) is 25.0 Å². The van der Waals surface area contributed by atoms with Crippen LogP contribution in [0.5, 0.6) is 0 Å². The normalized spacial score (nSPS) is 27.1. The number of carbonyl (C=O) groups is 3. The van der Waals surface area contributed by atoms with Crippen LogP contribution in [-0.4, -0.2) is 57.3 Å². The van der Waals surface area contributed by atoms with Gasteiger partial charge in [0.15, 0.2) is 0 Å². The molecule has 0 radical (unpaired) electrons. The zero-order valence-electron chi connectivity index (χ0n) is 14.0. The number of likely N-dealkylation sites (tertiary alicyclic amines) is 1. The molecule has 2 bridgehead atoms. The second-order valence-electron chi connectivity index (χ2n) is 6.64. The van der Waals surface area contributed by atoms with Crippen LogP contribution in [0.2, 0.25) is 0 Å². The highest BCUT2D eigenvalue weighted by atomic mass is 16.2. The predicted molar refractivity (Wildman–Crippen MR) is 86.4 cm³/mol. The molecule has 3 aliphatic heterocycles. The molecule has 4 rings (SSSR count). The van der Waals surface area contributed by atoms with E-state index in [4.69, 9.17) is 5.26 Å². The zero-order valence-corrected chi connectivity index (χ0v) is 14.0. The van der Waals surface area contributed by atoms with E-state index in [0.29, 0.717) is 30.6 Å². The quantitative estimate of drug-likeness (QED) is 0.742. The van der Waals surface area contributed by atoms with Crippen molar-refractivity contribution in [2.24, 2.45) is 0 Å². The number of nitriles is 1. The van der Waals surface area contributed by atoms with Gasteiger partial charge in [-0.25, -0.2) is 14.7 Å². The Labute approximate surface area is 144 Å². The van der Waals surface area contributed by atoms with E-state index in [2.05, 4.69) is 4.98 Å². The Morgan fingerprint density at radius 3 is 2.84 bits per heavy atom. The van der Waals surface area contributed by atoms with Gasteiger partial charge in [0.05, 0.1) is 24.0 Å². The Balaban J connectivity index is 1.68. The van der Waals surface area contributed by atoms with E-state index in [9.17, 15) is 14.4 Å². The first-order chi connectivity index (χ1) is 12.0. The third-order valence-electron chi connectivity index (χ3n) is 5.32. The summed E-state index contributed by atoms with van der Waals surface area (Å²) in [6.45, 7) is 4.00. The second-order valence-corrected chi connectivity index (χ2v) is 6.64. The smallest absolute Gasteiger partial charge is 0.332 e. The van der Waals surface area contributed by atoms with Crippen molar-refractivity contribution in [3.05, 3.63) is 23.5 Å². The van der Waals surface area contributed by atoms with Crippen molar-refractivity contribution in [1.82, 2.24) is 14.8 Å². The number of aromatic nitrogens is 1. The Bertz CT molecular complexity index is 845. The molecule has 0 spiro atoms. The van der Waals surface area contributed by atoms with Crippen molar-refractivity contribution in [3.63, 3.8) is 0 Å². The molecule has 25 heavy (non-hydrogen) atoms. The molecule has 0 saturated carbocycles. The second kappa shape index (κ2) is 5.28. The molecule has 1 aromatic rings. The van der Waals surface area contributed by atoms with Crippen LogP contribution in [0, 0.1) is 18.3 Å². The number of piperazine rings is 1. The number of hydrogen-bond acceptors (Lipinski definition) is 5. The lowest BCUT2D eigenvalue weighted by atomic mass is 10.1. The van der Waals surface area contributed by atoms with E-state index < -0.39 is 6.04 Å². The molecule has 1 aromatic heterocycles. The summed E-state index contributed by atoms with van der Waals surface area (Å²) in [7, 11) is 0. The number of pyridine rings is 1. The molecule has 3 fully saturated rings. The largest absolute Gasteiger partial charge is 0.335 e. The average Bonchev–Trinajstić information content (AvgIpc) is 3.26. The maximum absolute atomic E-state index is 12.9. The van der Waals surface area contributed by atoms with E-state index in [0.717, 1.165) is 4.90 Å². The first kappa shape index (κ1) is 15.6. The minimum absolute atomic E-state index is 0.0155. The van der Waals surface area contributed by atoms with Gasteiger partial charge in [0.1, 0.15) is 17.8 Å². The number of anilines is 1. The number of carbonyl (C=O) groups excluding carboxylic acids is 3. The SMILES string of the molecule is CCC(=O)N1C[C@@H]2C[C@H]1[C@H]1C(=O)N(c3cnc(C#N)c(C)c3)C(=O)N21. The highest BCUT2D eigenvalue weighted by molar-refractivity contribution is 6.22. The molecule has 128 valence electrons. The minimum atomic E-state index is -0.613. The summed E-state index contributed by atoms with van der Waals surface area (Å²) >= 11 is 0. The van der Waals surface area contributed by atoms with Gasteiger partial charge in [0.25, 0.3) is 5.91 Å². The molecule has 0 unspecified atom stereocenters. The van der Waals surface area contributed by atoms with Gasteiger partial charge in [0.2, 0.25) is 5.91 Å². The third kappa shape index (κ3) is 1.98.